The monoisotopic (exact) mass is 181 g/mol. The van der Waals surface area contributed by atoms with E-state index in [1.54, 1.807) is 0 Å². The van der Waals surface area contributed by atoms with E-state index in [9.17, 15) is 0 Å². The summed E-state index contributed by atoms with van der Waals surface area (Å²) in [5, 5.41) is 3.17. The molecule has 0 aromatic carbocycles. The van der Waals surface area contributed by atoms with Gasteiger partial charge in [0.25, 0.3) is 0 Å². The van der Waals surface area contributed by atoms with Crippen LogP contribution in [0.5, 0.6) is 0 Å². The SMILES string of the molecule is CNC(C)c1cnc(C(C)(C)C)[nH]1. The van der Waals surface area contributed by atoms with Crippen molar-refractivity contribution >= 4 is 0 Å². The second kappa shape index (κ2) is 3.50. The van der Waals surface area contributed by atoms with Crippen LogP contribution in [0.4, 0.5) is 0 Å². The molecule has 0 spiro atoms. The molecule has 0 saturated carbocycles. The maximum absolute atomic E-state index is 4.36. The van der Waals surface area contributed by atoms with Gasteiger partial charge in [-0.05, 0) is 14.0 Å². The van der Waals surface area contributed by atoms with Crippen LogP contribution in [0.2, 0.25) is 0 Å². The first kappa shape index (κ1) is 10.3. The predicted octanol–water partition coefficient (Wildman–Crippen LogP) is 1.99. The Morgan fingerprint density at radius 2 is 2.08 bits per heavy atom. The van der Waals surface area contributed by atoms with Crippen molar-refractivity contribution in [3.8, 4) is 0 Å². The average molecular weight is 181 g/mol. The Hall–Kier alpha value is -0.830. The lowest BCUT2D eigenvalue weighted by Gasteiger charge is -2.14. The zero-order valence-corrected chi connectivity index (χ0v) is 9.10. The van der Waals surface area contributed by atoms with Gasteiger partial charge in [0, 0.05) is 17.7 Å². The standard InChI is InChI=1S/C10H19N3/c1-7(11-5)8-6-12-9(13-8)10(2,3)4/h6-7,11H,1-5H3,(H,12,13). The van der Waals surface area contributed by atoms with Crippen LogP contribution in [0.1, 0.15) is 45.3 Å². The number of nitrogens with one attached hydrogen (secondary N) is 2. The second-order valence-corrected chi connectivity index (χ2v) is 4.45. The zero-order chi connectivity index (χ0) is 10.1. The highest BCUT2D eigenvalue weighted by atomic mass is 15.0. The molecule has 2 N–H and O–H groups in total. The number of imidazole rings is 1. The molecule has 1 aromatic heterocycles. The summed E-state index contributed by atoms with van der Waals surface area (Å²) >= 11 is 0. The summed E-state index contributed by atoms with van der Waals surface area (Å²) in [6, 6.07) is 0.337. The molecule has 0 radical (unpaired) electrons. The summed E-state index contributed by atoms with van der Waals surface area (Å²) in [6.07, 6.45) is 1.90. The molecule has 0 fully saturated rings. The molecule has 0 saturated heterocycles. The molecular weight excluding hydrogens is 162 g/mol. The number of aromatic amines is 1. The van der Waals surface area contributed by atoms with E-state index in [2.05, 4.69) is 43.0 Å². The Morgan fingerprint density at radius 1 is 1.46 bits per heavy atom. The van der Waals surface area contributed by atoms with E-state index in [-0.39, 0.29) is 5.41 Å². The minimum Gasteiger partial charge on any atom is -0.344 e. The lowest BCUT2D eigenvalue weighted by atomic mass is 9.96. The van der Waals surface area contributed by atoms with Crippen LogP contribution in [0, 0.1) is 0 Å². The van der Waals surface area contributed by atoms with E-state index in [1.165, 1.54) is 0 Å². The fourth-order valence-electron chi connectivity index (χ4n) is 1.09. The number of hydrogen-bond acceptors (Lipinski definition) is 2. The average Bonchev–Trinajstić information content (AvgIpc) is 2.50. The highest BCUT2D eigenvalue weighted by Gasteiger charge is 2.18. The normalized spacial score (nSPS) is 14.5. The van der Waals surface area contributed by atoms with E-state index in [0.29, 0.717) is 6.04 Å². The second-order valence-electron chi connectivity index (χ2n) is 4.45. The lowest BCUT2D eigenvalue weighted by Crippen LogP contribution is -2.15. The molecule has 1 rings (SSSR count). The quantitative estimate of drug-likeness (QED) is 0.732. The molecule has 0 aliphatic carbocycles. The summed E-state index contributed by atoms with van der Waals surface area (Å²) in [4.78, 5) is 7.69. The van der Waals surface area contributed by atoms with Gasteiger partial charge in [0.1, 0.15) is 5.82 Å². The zero-order valence-electron chi connectivity index (χ0n) is 9.10. The van der Waals surface area contributed by atoms with Crippen molar-refractivity contribution in [2.75, 3.05) is 7.05 Å². The highest BCUT2D eigenvalue weighted by molar-refractivity contribution is 5.11. The summed E-state index contributed by atoms with van der Waals surface area (Å²) in [7, 11) is 1.95. The molecule has 3 heteroatoms. The Bertz CT molecular complexity index is 270. The van der Waals surface area contributed by atoms with Gasteiger partial charge in [0.05, 0.1) is 5.69 Å². The number of H-pyrrole nitrogens is 1. The number of aromatic nitrogens is 2. The summed E-state index contributed by atoms with van der Waals surface area (Å²) in [6.45, 7) is 8.57. The van der Waals surface area contributed by atoms with Gasteiger partial charge in [0.2, 0.25) is 0 Å². The molecule has 74 valence electrons. The molecule has 1 heterocycles. The molecule has 0 aliphatic rings. The van der Waals surface area contributed by atoms with Crippen molar-refractivity contribution in [1.82, 2.24) is 15.3 Å². The Kier molecular flexibility index (Phi) is 2.76. The van der Waals surface area contributed by atoms with E-state index in [1.807, 2.05) is 13.2 Å². The molecule has 1 atom stereocenters. The molecule has 0 amide bonds. The van der Waals surface area contributed by atoms with Gasteiger partial charge in [0.15, 0.2) is 0 Å². The van der Waals surface area contributed by atoms with Crippen molar-refractivity contribution in [2.24, 2.45) is 0 Å². The van der Waals surface area contributed by atoms with Crippen molar-refractivity contribution in [2.45, 2.75) is 39.2 Å². The van der Waals surface area contributed by atoms with Gasteiger partial charge in [-0.15, -0.1) is 0 Å². The van der Waals surface area contributed by atoms with E-state index in [0.717, 1.165) is 11.5 Å². The van der Waals surface area contributed by atoms with Crippen molar-refractivity contribution in [1.29, 1.82) is 0 Å². The van der Waals surface area contributed by atoms with Crippen LogP contribution in [0.3, 0.4) is 0 Å². The molecule has 0 bridgehead atoms. The molecule has 1 unspecified atom stereocenters. The fraction of sp³-hybridized carbons (Fsp3) is 0.700. The maximum atomic E-state index is 4.36. The number of rotatable bonds is 2. The number of nitrogens with zero attached hydrogens (tertiary/aromatic N) is 1. The third-order valence-electron chi connectivity index (χ3n) is 2.21. The Balaban J connectivity index is 2.87. The van der Waals surface area contributed by atoms with Crippen LogP contribution >= 0.6 is 0 Å². The lowest BCUT2D eigenvalue weighted by molar-refractivity contribution is 0.546. The van der Waals surface area contributed by atoms with E-state index in [4.69, 9.17) is 0 Å². The van der Waals surface area contributed by atoms with E-state index >= 15 is 0 Å². The van der Waals surface area contributed by atoms with Crippen molar-refractivity contribution < 1.29 is 0 Å². The maximum Gasteiger partial charge on any atom is 0.111 e. The molecule has 3 nitrogen and oxygen atoms in total. The minimum absolute atomic E-state index is 0.103. The van der Waals surface area contributed by atoms with Gasteiger partial charge in [-0.2, -0.15) is 0 Å². The first-order valence-corrected chi connectivity index (χ1v) is 4.68. The molecule has 0 aliphatic heterocycles. The van der Waals surface area contributed by atoms with Gasteiger partial charge in [-0.1, -0.05) is 20.8 Å². The van der Waals surface area contributed by atoms with Gasteiger partial charge >= 0.3 is 0 Å². The van der Waals surface area contributed by atoms with Crippen LogP contribution in [0.15, 0.2) is 6.20 Å². The third kappa shape index (κ3) is 2.31. The highest BCUT2D eigenvalue weighted by Crippen LogP contribution is 2.20. The third-order valence-corrected chi connectivity index (χ3v) is 2.21. The first-order valence-electron chi connectivity index (χ1n) is 4.68. The van der Waals surface area contributed by atoms with E-state index < -0.39 is 0 Å². The van der Waals surface area contributed by atoms with Crippen LogP contribution < -0.4 is 5.32 Å². The topological polar surface area (TPSA) is 40.7 Å². The predicted molar refractivity (Wildman–Crippen MR) is 54.8 cm³/mol. The van der Waals surface area contributed by atoms with Gasteiger partial charge < -0.3 is 10.3 Å². The Morgan fingerprint density at radius 3 is 2.46 bits per heavy atom. The summed E-state index contributed by atoms with van der Waals surface area (Å²) in [5.74, 6) is 1.05. The molecule has 1 aromatic rings. The van der Waals surface area contributed by atoms with Crippen LogP contribution in [-0.4, -0.2) is 17.0 Å². The molecular formula is C10H19N3. The smallest absolute Gasteiger partial charge is 0.111 e. The van der Waals surface area contributed by atoms with Crippen molar-refractivity contribution in [3.63, 3.8) is 0 Å². The van der Waals surface area contributed by atoms with Crippen LogP contribution in [-0.2, 0) is 5.41 Å². The van der Waals surface area contributed by atoms with Crippen molar-refractivity contribution in [3.05, 3.63) is 17.7 Å². The van der Waals surface area contributed by atoms with Gasteiger partial charge in [-0.25, -0.2) is 4.98 Å². The fourth-order valence-corrected chi connectivity index (χ4v) is 1.09. The summed E-state index contributed by atoms with van der Waals surface area (Å²) < 4.78 is 0. The van der Waals surface area contributed by atoms with Gasteiger partial charge in [-0.3, -0.25) is 0 Å². The first-order chi connectivity index (χ1) is 5.95. The van der Waals surface area contributed by atoms with Crippen LogP contribution in [0.25, 0.3) is 0 Å². The Labute approximate surface area is 80.0 Å². The number of hydrogen-bond donors (Lipinski definition) is 2. The summed E-state index contributed by atoms with van der Waals surface area (Å²) in [5.41, 5.74) is 1.25. The minimum atomic E-state index is 0.103. The molecule has 13 heavy (non-hydrogen) atoms. The largest absolute Gasteiger partial charge is 0.344 e.